The second-order valence-corrected chi connectivity index (χ2v) is 5.80. The van der Waals surface area contributed by atoms with Crippen LogP contribution in [0.3, 0.4) is 0 Å². The summed E-state index contributed by atoms with van der Waals surface area (Å²) in [7, 11) is 3.04. The number of anilines is 3. The molecule has 0 spiro atoms. The highest BCUT2D eigenvalue weighted by Crippen LogP contribution is 2.25. The zero-order valence-corrected chi connectivity index (χ0v) is 16.6. The molecule has 1 amide bonds. The standard InChI is InChI=1S/C19H20N2O5.C2H6/c1-24-12-16-11-21(19(23)26-16)15-7-3-13(4-8-15)20-14-5-9-17(22)18(25-2)10-6-14;1-2/h3-10,16,20H,11-12H2,1-2H3;1-2H3. The molecule has 150 valence electrons. The number of hydrogen-bond acceptors (Lipinski definition) is 6. The van der Waals surface area contributed by atoms with Crippen molar-refractivity contribution >= 4 is 23.2 Å². The summed E-state index contributed by atoms with van der Waals surface area (Å²) in [6, 6.07) is 13.9. The first kappa shape index (κ1) is 21.2. The Morgan fingerprint density at radius 3 is 2.21 bits per heavy atom. The monoisotopic (exact) mass is 386 g/mol. The Hall–Kier alpha value is -3.06. The average Bonchev–Trinajstić information content (AvgIpc) is 2.98. The van der Waals surface area contributed by atoms with E-state index in [9.17, 15) is 9.59 Å². The topological polar surface area (TPSA) is 77.1 Å². The van der Waals surface area contributed by atoms with Crippen LogP contribution in [0.2, 0.25) is 0 Å². The van der Waals surface area contributed by atoms with Gasteiger partial charge in [0.1, 0.15) is 6.10 Å². The molecular formula is C21H26N2O5. The first-order valence-corrected chi connectivity index (χ1v) is 9.13. The van der Waals surface area contributed by atoms with Gasteiger partial charge in [0, 0.05) is 24.2 Å². The van der Waals surface area contributed by atoms with Gasteiger partial charge in [0.15, 0.2) is 5.75 Å². The fourth-order valence-corrected chi connectivity index (χ4v) is 2.70. The smallest absolute Gasteiger partial charge is 0.414 e. The Bertz CT molecular complexity index is 839. The van der Waals surface area contributed by atoms with Crippen molar-refractivity contribution in [1.29, 1.82) is 0 Å². The minimum atomic E-state index is -0.377. The van der Waals surface area contributed by atoms with Crippen LogP contribution in [0, 0.1) is 0 Å². The zero-order chi connectivity index (χ0) is 20.5. The van der Waals surface area contributed by atoms with Gasteiger partial charge in [-0.2, -0.15) is 0 Å². The van der Waals surface area contributed by atoms with Crippen molar-refractivity contribution in [2.45, 2.75) is 20.0 Å². The van der Waals surface area contributed by atoms with E-state index in [-0.39, 0.29) is 23.4 Å². The van der Waals surface area contributed by atoms with Gasteiger partial charge in [-0.1, -0.05) is 13.8 Å². The van der Waals surface area contributed by atoms with Crippen molar-refractivity contribution in [3.8, 4) is 5.75 Å². The van der Waals surface area contributed by atoms with Crippen molar-refractivity contribution in [2.75, 3.05) is 37.6 Å². The number of carbonyl (C=O) groups is 1. The maximum Gasteiger partial charge on any atom is 0.414 e. The number of carbonyl (C=O) groups excluding carboxylic acids is 1. The largest absolute Gasteiger partial charge is 0.493 e. The Morgan fingerprint density at radius 1 is 1.00 bits per heavy atom. The Morgan fingerprint density at radius 2 is 1.61 bits per heavy atom. The van der Waals surface area contributed by atoms with Gasteiger partial charge in [0.05, 0.1) is 20.3 Å². The predicted octanol–water partition coefficient (Wildman–Crippen LogP) is 3.80. The molecule has 0 saturated carbocycles. The fraction of sp³-hybridized carbons (Fsp3) is 0.333. The SMILES string of the molecule is CC.COCC1CN(c2ccc(Nc3ccc(OC)c(=O)cc3)cc2)C(=O)O1. The normalized spacial score (nSPS) is 15.4. The van der Waals surface area contributed by atoms with Gasteiger partial charge in [0.25, 0.3) is 0 Å². The first-order chi connectivity index (χ1) is 13.6. The number of cyclic esters (lactones) is 1. The van der Waals surface area contributed by atoms with Gasteiger partial charge >= 0.3 is 6.09 Å². The molecule has 1 unspecified atom stereocenters. The van der Waals surface area contributed by atoms with Gasteiger partial charge in [0.2, 0.25) is 5.43 Å². The van der Waals surface area contributed by atoms with Crippen LogP contribution in [0.4, 0.5) is 21.9 Å². The minimum absolute atomic E-state index is 0.186. The number of hydrogen-bond donors (Lipinski definition) is 1. The van der Waals surface area contributed by atoms with Gasteiger partial charge in [-0.25, -0.2) is 4.79 Å². The highest BCUT2D eigenvalue weighted by Gasteiger charge is 2.32. The molecule has 0 aliphatic carbocycles. The molecule has 7 heteroatoms. The molecule has 3 rings (SSSR count). The summed E-state index contributed by atoms with van der Waals surface area (Å²) < 4.78 is 15.3. The summed E-state index contributed by atoms with van der Waals surface area (Å²) >= 11 is 0. The molecular weight excluding hydrogens is 360 g/mol. The Labute approximate surface area is 164 Å². The van der Waals surface area contributed by atoms with Gasteiger partial charge in [-0.3, -0.25) is 9.69 Å². The van der Waals surface area contributed by atoms with Gasteiger partial charge in [-0.05, 0) is 48.5 Å². The van der Waals surface area contributed by atoms with E-state index in [0.29, 0.717) is 13.2 Å². The number of rotatable bonds is 6. The molecule has 0 radical (unpaired) electrons. The second kappa shape index (κ2) is 10.3. The van der Waals surface area contributed by atoms with E-state index in [1.807, 2.05) is 38.1 Å². The summed E-state index contributed by atoms with van der Waals surface area (Å²) in [5.41, 5.74) is 2.14. The van der Waals surface area contributed by atoms with Crippen LogP contribution in [0.15, 0.2) is 53.3 Å². The quantitative estimate of drug-likeness (QED) is 0.814. The molecule has 1 fully saturated rings. The molecule has 2 aromatic rings. The van der Waals surface area contributed by atoms with Crippen molar-refractivity contribution in [3.05, 3.63) is 58.8 Å². The van der Waals surface area contributed by atoms with Crippen molar-refractivity contribution in [3.63, 3.8) is 0 Å². The molecule has 0 bridgehead atoms. The third kappa shape index (κ3) is 5.23. The maximum atomic E-state index is 12.0. The lowest BCUT2D eigenvalue weighted by atomic mass is 10.2. The number of methoxy groups -OCH3 is 2. The van der Waals surface area contributed by atoms with E-state index in [2.05, 4.69) is 5.32 Å². The van der Waals surface area contributed by atoms with Gasteiger partial charge in [-0.15, -0.1) is 0 Å². The number of nitrogens with one attached hydrogen (secondary N) is 1. The van der Waals surface area contributed by atoms with Crippen molar-refractivity contribution < 1.29 is 19.0 Å². The molecule has 1 saturated heterocycles. The Balaban J connectivity index is 0.00000136. The third-order valence-electron chi connectivity index (χ3n) is 3.99. The average molecular weight is 386 g/mol. The second-order valence-electron chi connectivity index (χ2n) is 5.80. The molecule has 1 aliphatic rings. The van der Waals surface area contributed by atoms with Crippen molar-refractivity contribution in [2.24, 2.45) is 0 Å². The van der Waals surface area contributed by atoms with Gasteiger partial charge < -0.3 is 19.5 Å². The molecule has 7 nitrogen and oxygen atoms in total. The van der Waals surface area contributed by atoms with E-state index in [4.69, 9.17) is 14.2 Å². The highest BCUT2D eigenvalue weighted by atomic mass is 16.6. The lowest BCUT2D eigenvalue weighted by molar-refractivity contribution is 0.0718. The summed E-state index contributed by atoms with van der Waals surface area (Å²) in [5, 5.41) is 3.21. The lowest BCUT2D eigenvalue weighted by Gasteiger charge is -2.14. The molecule has 1 N–H and O–H groups in total. The molecule has 1 aliphatic heterocycles. The van der Waals surface area contributed by atoms with Crippen LogP contribution >= 0.6 is 0 Å². The molecule has 28 heavy (non-hydrogen) atoms. The van der Waals surface area contributed by atoms with Crippen LogP contribution in [0.25, 0.3) is 0 Å². The third-order valence-corrected chi connectivity index (χ3v) is 3.99. The fourth-order valence-electron chi connectivity index (χ4n) is 2.70. The molecule has 1 heterocycles. The van der Waals surface area contributed by atoms with E-state index in [1.54, 1.807) is 30.2 Å². The van der Waals surface area contributed by atoms with Crippen LogP contribution < -0.4 is 20.4 Å². The van der Waals surface area contributed by atoms with Crippen LogP contribution in [-0.2, 0) is 9.47 Å². The lowest BCUT2D eigenvalue weighted by Crippen LogP contribution is -2.25. The summed E-state index contributed by atoms with van der Waals surface area (Å²) in [4.78, 5) is 25.3. The number of ether oxygens (including phenoxy) is 3. The van der Waals surface area contributed by atoms with E-state index < -0.39 is 0 Å². The molecule has 2 aromatic carbocycles. The predicted molar refractivity (Wildman–Crippen MR) is 110 cm³/mol. The Kier molecular flexibility index (Phi) is 7.83. The van der Waals surface area contributed by atoms with Crippen LogP contribution in [-0.4, -0.2) is 39.6 Å². The minimum Gasteiger partial charge on any atom is -0.493 e. The van der Waals surface area contributed by atoms with E-state index in [0.717, 1.165) is 17.1 Å². The maximum absolute atomic E-state index is 12.0. The molecule has 0 aromatic heterocycles. The first-order valence-electron chi connectivity index (χ1n) is 9.13. The van der Waals surface area contributed by atoms with Crippen molar-refractivity contribution in [1.82, 2.24) is 0 Å². The summed E-state index contributed by atoms with van der Waals surface area (Å²) in [5.74, 6) is 0.284. The van der Waals surface area contributed by atoms with Crippen LogP contribution in [0.5, 0.6) is 5.75 Å². The molecule has 1 atom stereocenters. The van der Waals surface area contributed by atoms with E-state index >= 15 is 0 Å². The van der Waals surface area contributed by atoms with E-state index in [1.165, 1.54) is 13.2 Å². The number of nitrogens with zero attached hydrogens (tertiary/aromatic N) is 1. The van der Waals surface area contributed by atoms with Crippen LogP contribution in [0.1, 0.15) is 13.8 Å². The highest BCUT2D eigenvalue weighted by molar-refractivity contribution is 5.90. The summed E-state index contributed by atoms with van der Waals surface area (Å²) in [6.45, 7) is 4.83. The number of benzene rings is 1. The number of amides is 1. The zero-order valence-electron chi connectivity index (χ0n) is 16.6. The summed E-state index contributed by atoms with van der Waals surface area (Å²) in [6.07, 6.45) is -0.635.